The van der Waals surface area contributed by atoms with E-state index in [-0.39, 0.29) is 6.10 Å². The highest BCUT2D eigenvalue weighted by Gasteiger charge is 2.11. The molecule has 0 saturated heterocycles. The molecule has 2 rings (SSSR count). The van der Waals surface area contributed by atoms with Crippen molar-refractivity contribution in [3.63, 3.8) is 0 Å². The van der Waals surface area contributed by atoms with E-state index in [2.05, 4.69) is 5.32 Å². The summed E-state index contributed by atoms with van der Waals surface area (Å²) >= 11 is 0. The van der Waals surface area contributed by atoms with E-state index in [1.165, 1.54) is 0 Å². The number of anilines is 1. The molecule has 0 bridgehead atoms. The number of aliphatic hydroxyl groups is 1. The third kappa shape index (κ3) is 4.58. The van der Waals surface area contributed by atoms with E-state index in [0.717, 1.165) is 23.6 Å². The molecule has 0 aliphatic carbocycles. The first-order valence-electron chi connectivity index (χ1n) is 7.08. The molecule has 0 spiro atoms. The maximum atomic E-state index is 9.80. The summed E-state index contributed by atoms with van der Waals surface area (Å²) in [5.41, 5.74) is 0.901. The van der Waals surface area contributed by atoms with Gasteiger partial charge in [0, 0.05) is 24.7 Å². The zero-order valence-electron chi connectivity index (χ0n) is 12.1. The minimum Gasteiger partial charge on any atom is -0.490 e. The van der Waals surface area contributed by atoms with Crippen LogP contribution in [0.1, 0.15) is 20.3 Å². The first-order valence-corrected chi connectivity index (χ1v) is 7.08. The van der Waals surface area contributed by atoms with Crippen molar-refractivity contribution in [2.24, 2.45) is 0 Å². The molecule has 2 N–H and O–H groups in total. The molecule has 0 saturated carbocycles. The van der Waals surface area contributed by atoms with E-state index in [9.17, 15) is 5.11 Å². The molecule has 1 aliphatic heterocycles. The van der Waals surface area contributed by atoms with Crippen LogP contribution in [-0.4, -0.2) is 43.7 Å². The van der Waals surface area contributed by atoms with Gasteiger partial charge >= 0.3 is 0 Å². The number of ether oxygens (including phenoxy) is 3. The Kier molecular flexibility index (Phi) is 5.49. The van der Waals surface area contributed by atoms with Crippen molar-refractivity contribution in [3.8, 4) is 11.5 Å². The van der Waals surface area contributed by atoms with E-state index in [4.69, 9.17) is 14.2 Å². The van der Waals surface area contributed by atoms with Gasteiger partial charge in [0.1, 0.15) is 0 Å². The monoisotopic (exact) mass is 281 g/mol. The van der Waals surface area contributed by atoms with Crippen LogP contribution in [0.3, 0.4) is 0 Å². The van der Waals surface area contributed by atoms with Crippen molar-refractivity contribution < 1.29 is 19.3 Å². The molecule has 1 heterocycles. The van der Waals surface area contributed by atoms with Crippen molar-refractivity contribution in [1.82, 2.24) is 0 Å². The zero-order valence-corrected chi connectivity index (χ0v) is 12.1. The van der Waals surface area contributed by atoms with E-state index in [0.29, 0.717) is 26.4 Å². The molecule has 5 nitrogen and oxygen atoms in total. The summed E-state index contributed by atoms with van der Waals surface area (Å²) < 4.78 is 16.6. The molecule has 0 fully saturated rings. The lowest BCUT2D eigenvalue weighted by Gasteiger charge is -2.16. The highest BCUT2D eigenvalue weighted by molar-refractivity contribution is 5.55. The summed E-state index contributed by atoms with van der Waals surface area (Å²) in [7, 11) is 0. The first-order chi connectivity index (χ1) is 9.65. The molecular weight excluding hydrogens is 258 g/mol. The molecule has 1 unspecified atom stereocenters. The summed E-state index contributed by atoms with van der Waals surface area (Å²) in [6.07, 6.45) is 0.485. The maximum Gasteiger partial charge on any atom is 0.163 e. The van der Waals surface area contributed by atoms with Crippen molar-refractivity contribution in [2.75, 3.05) is 31.7 Å². The van der Waals surface area contributed by atoms with Crippen LogP contribution in [-0.2, 0) is 4.74 Å². The molecule has 0 aromatic heterocycles. The SMILES string of the molecule is CC(C)OCC(O)CNc1ccc2c(c1)OCCCO2. The van der Waals surface area contributed by atoms with Crippen LogP contribution in [0.5, 0.6) is 11.5 Å². The largest absolute Gasteiger partial charge is 0.490 e. The van der Waals surface area contributed by atoms with Crippen molar-refractivity contribution in [1.29, 1.82) is 0 Å². The molecular formula is C15H23NO4. The lowest BCUT2D eigenvalue weighted by atomic mass is 10.2. The normalized spacial score (nSPS) is 15.8. The van der Waals surface area contributed by atoms with Crippen LogP contribution in [0.2, 0.25) is 0 Å². The third-order valence-corrected chi connectivity index (χ3v) is 2.91. The second-order valence-electron chi connectivity index (χ2n) is 5.13. The molecule has 0 radical (unpaired) electrons. The van der Waals surface area contributed by atoms with Crippen LogP contribution >= 0.6 is 0 Å². The Morgan fingerprint density at radius 1 is 1.25 bits per heavy atom. The second-order valence-corrected chi connectivity index (χ2v) is 5.13. The summed E-state index contributed by atoms with van der Waals surface area (Å²) in [6.45, 7) is 6.02. The van der Waals surface area contributed by atoms with Crippen LogP contribution < -0.4 is 14.8 Å². The van der Waals surface area contributed by atoms with Gasteiger partial charge in [-0.3, -0.25) is 0 Å². The summed E-state index contributed by atoms with van der Waals surface area (Å²) in [4.78, 5) is 0. The van der Waals surface area contributed by atoms with Gasteiger partial charge in [0.05, 0.1) is 32.0 Å². The highest BCUT2D eigenvalue weighted by atomic mass is 16.5. The predicted molar refractivity (Wildman–Crippen MR) is 77.6 cm³/mol. The van der Waals surface area contributed by atoms with Gasteiger partial charge in [0.25, 0.3) is 0 Å². The minimum absolute atomic E-state index is 0.127. The number of fused-ring (bicyclic) bond motifs is 1. The van der Waals surface area contributed by atoms with Crippen molar-refractivity contribution in [3.05, 3.63) is 18.2 Å². The van der Waals surface area contributed by atoms with Crippen LogP contribution in [0.15, 0.2) is 18.2 Å². The van der Waals surface area contributed by atoms with Gasteiger partial charge in [-0.2, -0.15) is 0 Å². The summed E-state index contributed by atoms with van der Waals surface area (Å²) in [5.74, 6) is 1.53. The van der Waals surface area contributed by atoms with Crippen molar-refractivity contribution in [2.45, 2.75) is 32.5 Å². The van der Waals surface area contributed by atoms with Gasteiger partial charge in [-0.15, -0.1) is 0 Å². The zero-order chi connectivity index (χ0) is 14.4. The van der Waals surface area contributed by atoms with Crippen LogP contribution in [0, 0.1) is 0 Å². The maximum absolute atomic E-state index is 9.80. The summed E-state index contributed by atoms with van der Waals surface area (Å²) in [6, 6.07) is 5.71. The predicted octanol–water partition coefficient (Wildman–Crippen LogP) is 2.05. The number of aliphatic hydroxyl groups excluding tert-OH is 1. The van der Waals surface area contributed by atoms with E-state index < -0.39 is 6.10 Å². The average molecular weight is 281 g/mol. The molecule has 5 heteroatoms. The van der Waals surface area contributed by atoms with Crippen LogP contribution in [0.25, 0.3) is 0 Å². The number of rotatable bonds is 6. The fraction of sp³-hybridized carbons (Fsp3) is 0.600. The Bertz CT molecular complexity index is 422. The number of hydrogen-bond donors (Lipinski definition) is 2. The van der Waals surface area contributed by atoms with E-state index in [1.54, 1.807) is 0 Å². The van der Waals surface area contributed by atoms with Gasteiger partial charge in [0.15, 0.2) is 11.5 Å². The molecule has 1 aromatic rings. The molecule has 1 atom stereocenters. The van der Waals surface area contributed by atoms with Gasteiger partial charge < -0.3 is 24.6 Å². The van der Waals surface area contributed by atoms with Gasteiger partial charge in [0.2, 0.25) is 0 Å². The molecule has 20 heavy (non-hydrogen) atoms. The number of hydrogen-bond acceptors (Lipinski definition) is 5. The molecule has 112 valence electrons. The fourth-order valence-electron chi connectivity index (χ4n) is 1.87. The lowest BCUT2D eigenvalue weighted by molar-refractivity contribution is 0.0112. The Morgan fingerprint density at radius 2 is 2.00 bits per heavy atom. The van der Waals surface area contributed by atoms with E-state index in [1.807, 2.05) is 32.0 Å². The average Bonchev–Trinajstić information content (AvgIpc) is 2.67. The third-order valence-electron chi connectivity index (χ3n) is 2.91. The van der Waals surface area contributed by atoms with Gasteiger partial charge in [-0.05, 0) is 26.0 Å². The van der Waals surface area contributed by atoms with Crippen LogP contribution in [0.4, 0.5) is 5.69 Å². The Balaban J connectivity index is 1.85. The Hall–Kier alpha value is -1.46. The highest BCUT2D eigenvalue weighted by Crippen LogP contribution is 2.32. The fourth-order valence-corrected chi connectivity index (χ4v) is 1.87. The standard InChI is InChI=1S/C15H23NO4/c1-11(2)20-10-13(17)9-16-12-4-5-14-15(8-12)19-7-3-6-18-14/h4-5,8,11,13,16-17H,3,6-7,9-10H2,1-2H3. The Labute approximate surface area is 119 Å². The number of nitrogens with one attached hydrogen (secondary N) is 1. The first kappa shape index (κ1) is 14.9. The number of benzene rings is 1. The smallest absolute Gasteiger partial charge is 0.163 e. The van der Waals surface area contributed by atoms with Gasteiger partial charge in [-0.25, -0.2) is 0 Å². The topological polar surface area (TPSA) is 60.0 Å². The van der Waals surface area contributed by atoms with E-state index >= 15 is 0 Å². The molecule has 1 aliphatic rings. The van der Waals surface area contributed by atoms with Gasteiger partial charge in [-0.1, -0.05) is 0 Å². The molecule has 0 amide bonds. The second kappa shape index (κ2) is 7.36. The summed E-state index contributed by atoms with van der Waals surface area (Å²) in [5, 5.41) is 13.0. The quantitative estimate of drug-likeness (QED) is 0.835. The molecule has 1 aromatic carbocycles. The minimum atomic E-state index is -0.534. The Morgan fingerprint density at radius 3 is 2.75 bits per heavy atom. The lowest BCUT2D eigenvalue weighted by Crippen LogP contribution is -2.26. The van der Waals surface area contributed by atoms with Crippen molar-refractivity contribution >= 4 is 5.69 Å².